The van der Waals surface area contributed by atoms with E-state index in [1.807, 2.05) is 19.1 Å². The summed E-state index contributed by atoms with van der Waals surface area (Å²) in [6.07, 6.45) is 0.278. The van der Waals surface area contributed by atoms with Crippen molar-refractivity contribution in [1.29, 1.82) is 0 Å². The molecule has 1 aromatic heterocycles. The van der Waals surface area contributed by atoms with Gasteiger partial charge in [-0.1, -0.05) is 17.7 Å². The van der Waals surface area contributed by atoms with Crippen LogP contribution in [0, 0.1) is 6.92 Å². The van der Waals surface area contributed by atoms with Crippen LogP contribution < -0.4 is 11.1 Å². The van der Waals surface area contributed by atoms with Crippen LogP contribution in [0.15, 0.2) is 30.3 Å². The summed E-state index contributed by atoms with van der Waals surface area (Å²) in [6, 6.07) is 9.08. The van der Waals surface area contributed by atoms with E-state index in [2.05, 4.69) is 10.4 Å². The second-order valence-electron chi connectivity index (χ2n) is 4.15. The highest BCUT2D eigenvalue weighted by Gasteiger charge is 2.10. The summed E-state index contributed by atoms with van der Waals surface area (Å²) < 4.78 is 1.65. The minimum absolute atomic E-state index is 0.134. The number of aromatic nitrogens is 2. The van der Waals surface area contributed by atoms with E-state index in [9.17, 15) is 4.79 Å². The number of hydrogen-bond donors (Lipinski definition) is 2. The molecule has 1 heterocycles. The number of aryl methyl sites for hydroxylation is 1. The second kappa shape index (κ2) is 5.86. The first-order valence-electron chi connectivity index (χ1n) is 5.92. The Morgan fingerprint density at radius 3 is 2.95 bits per heavy atom. The number of halogens is 1. The minimum Gasteiger partial charge on any atom is -0.330 e. The lowest BCUT2D eigenvalue weighted by atomic mass is 10.3. The number of carbonyl (C=O) groups is 1. The Morgan fingerprint density at radius 2 is 2.26 bits per heavy atom. The molecule has 1 amide bonds. The van der Waals surface area contributed by atoms with Crippen molar-refractivity contribution < 1.29 is 4.79 Å². The Morgan fingerprint density at radius 1 is 1.47 bits per heavy atom. The molecule has 0 aliphatic carbocycles. The Labute approximate surface area is 116 Å². The normalized spacial score (nSPS) is 10.5. The lowest BCUT2D eigenvalue weighted by Crippen LogP contribution is -2.18. The Hall–Kier alpha value is -1.85. The Bertz CT molecular complexity index is 594. The van der Waals surface area contributed by atoms with Gasteiger partial charge in [-0.15, -0.1) is 0 Å². The molecule has 100 valence electrons. The predicted octanol–water partition coefficient (Wildman–Crippen LogP) is 2.12. The Balaban J connectivity index is 2.33. The van der Waals surface area contributed by atoms with Gasteiger partial charge >= 0.3 is 0 Å². The molecule has 0 aliphatic heterocycles. The van der Waals surface area contributed by atoms with Gasteiger partial charge in [0.25, 0.3) is 0 Å². The van der Waals surface area contributed by atoms with E-state index in [0.717, 1.165) is 11.4 Å². The fraction of sp³-hybridized carbons (Fsp3) is 0.231. The summed E-state index contributed by atoms with van der Waals surface area (Å²) in [5.74, 6) is 0.476. The standard InChI is InChI=1S/C13H15ClN4O/c1-9-7-12(16-13(19)5-6-15)18(17-9)11-4-2-3-10(14)8-11/h2-4,7-8H,5-6,15H2,1H3,(H,16,19). The van der Waals surface area contributed by atoms with Crippen molar-refractivity contribution in [2.24, 2.45) is 5.73 Å². The average molecular weight is 279 g/mol. The SMILES string of the molecule is Cc1cc(NC(=O)CCN)n(-c2cccc(Cl)c2)n1. The van der Waals surface area contributed by atoms with Crippen molar-refractivity contribution in [2.75, 3.05) is 11.9 Å². The van der Waals surface area contributed by atoms with Gasteiger partial charge < -0.3 is 11.1 Å². The molecule has 3 N–H and O–H groups in total. The number of nitrogens with two attached hydrogens (primary N) is 1. The van der Waals surface area contributed by atoms with Crippen LogP contribution in [0.25, 0.3) is 5.69 Å². The highest BCUT2D eigenvalue weighted by atomic mass is 35.5. The van der Waals surface area contributed by atoms with E-state index >= 15 is 0 Å². The summed E-state index contributed by atoms with van der Waals surface area (Å²) >= 11 is 5.96. The molecule has 2 rings (SSSR count). The van der Waals surface area contributed by atoms with Crippen LogP contribution >= 0.6 is 11.6 Å². The highest BCUT2D eigenvalue weighted by Crippen LogP contribution is 2.20. The quantitative estimate of drug-likeness (QED) is 0.900. The van der Waals surface area contributed by atoms with Gasteiger partial charge in [-0.2, -0.15) is 5.10 Å². The van der Waals surface area contributed by atoms with Gasteiger partial charge in [0.1, 0.15) is 5.82 Å². The highest BCUT2D eigenvalue weighted by molar-refractivity contribution is 6.30. The van der Waals surface area contributed by atoms with Gasteiger partial charge in [0.15, 0.2) is 0 Å². The largest absolute Gasteiger partial charge is 0.330 e. The minimum atomic E-state index is -0.134. The number of benzene rings is 1. The average Bonchev–Trinajstić information content (AvgIpc) is 2.70. The van der Waals surface area contributed by atoms with Crippen LogP contribution in [0.5, 0.6) is 0 Å². The number of hydrogen-bond acceptors (Lipinski definition) is 3. The monoisotopic (exact) mass is 278 g/mol. The maximum atomic E-state index is 11.6. The smallest absolute Gasteiger partial charge is 0.226 e. The first kappa shape index (κ1) is 13.6. The van der Waals surface area contributed by atoms with Crippen molar-refractivity contribution >= 4 is 23.3 Å². The zero-order valence-corrected chi connectivity index (χ0v) is 11.3. The van der Waals surface area contributed by atoms with Gasteiger partial charge in [0.2, 0.25) is 5.91 Å². The number of rotatable bonds is 4. The zero-order valence-electron chi connectivity index (χ0n) is 10.6. The first-order valence-corrected chi connectivity index (χ1v) is 6.30. The van der Waals surface area contributed by atoms with Crippen LogP contribution in [0.3, 0.4) is 0 Å². The number of nitrogens with one attached hydrogen (secondary N) is 1. The van der Waals surface area contributed by atoms with Crippen LogP contribution in [0.4, 0.5) is 5.82 Å². The molecule has 6 heteroatoms. The van der Waals surface area contributed by atoms with Crippen LogP contribution in [-0.4, -0.2) is 22.2 Å². The topological polar surface area (TPSA) is 72.9 Å². The van der Waals surface area contributed by atoms with Crippen molar-refractivity contribution in [2.45, 2.75) is 13.3 Å². The van der Waals surface area contributed by atoms with Crippen LogP contribution in [0.2, 0.25) is 5.02 Å². The molecule has 1 aromatic carbocycles. The molecule has 19 heavy (non-hydrogen) atoms. The van der Waals surface area contributed by atoms with Gasteiger partial charge in [-0.25, -0.2) is 4.68 Å². The van der Waals surface area contributed by atoms with E-state index in [4.69, 9.17) is 17.3 Å². The maximum absolute atomic E-state index is 11.6. The summed E-state index contributed by atoms with van der Waals surface area (Å²) in [5, 5.41) is 7.75. The van der Waals surface area contributed by atoms with E-state index in [1.54, 1.807) is 22.9 Å². The van der Waals surface area contributed by atoms with Crippen molar-refractivity contribution in [3.8, 4) is 5.69 Å². The molecule has 0 atom stereocenters. The third-order valence-electron chi connectivity index (χ3n) is 2.52. The molecule has 2 aromatic rings. The molecule has 0 unspecified atom stereocenters. The molecule has 0 radical (unpaired) electrons. The summed E-state index contributed by atoms with van der Waals surface area (Å²) in [4.78, 5) is 11.6. The van der Waals surface area contributed by atoms with Gasteiger partial charge in [0.05, 0.1) is 11.4 Å². The van der Waals surface area contributed by atoms with Crippen molar-refractivity contribution in [3.63, 3.8) is 0 Å². The number of carbonyl (C=O) groups excluding carboxylic acids is 1. The first-order chi connectivity index (χ1) is 9.10. The molecular weight excluding hydrogens is 264 g/mol. The maximum Gasteiger partial charge on any atom is 0.226 e. The van der Waals surface area contributed by atoms with Crippen LogP contribution in [-0.2, 0) is 4.79 Å². The van der Waals surface area contributed by atoms with Crippen molar-refractivity contribution in [1.82, 2.24) is 9.78 Å². The van der Waals surface area contributed by atoms with E-state index < -0.39 is 0 Å². The summed E-state index contributed by atoms with van der Waals surface area (Å²) in [7, 11) is 0. The molecule has 0 aliphatic rings. The van der Waals surface area contributed by atoms with Crippen LogP contribution in [0.1, 0.15) is 12.1 Å². The molecular formula is C13H15ClN4O. The Kier molecular flexibility index (Phi) is 4.19. The molecule has 0 bridgehead atoms. The fourth-order valence-electron chi connectivity index (χ4n) is 1.73. The van der Waals surface area contributed by atoms with E-state index in [-0.39, 0.29) is 12.3 Å². The van der Waals surface area contributed by atoms with E-state index in [0.29, 0.717) is 17.4 Å². The molecule has 0 saturated heterocycles. The van der Waals surface area contributed by atoms with Gasteiger partial charge in [0, 0.05) is 24.1 Å². The summed E-state index contributed by atoms with van der Waals surface area (Å²) in [5.41, 5.74) is 6.96. The lowest BCUT2D eigenvalue weighted by molar-refractivity contribution is -0.116. The van der Waals surface area contributed by atoms with Gasteiger partial charge in [-0.05, 0) is 25.1 Å². The summed E-state index contributed by atoms with van der Waals surface area (Å²) in [6.45, 7) is 2.18. The van der Waals surface area contributed by atoms with E-state index in [1.165, 1.54) is 0 Å². The molecule has 0 saturated carbocycles. The third kappa shape index (κ3) is 3.33. The molecule has 5 nitrogen and oxygen atoms in total. The second-order valence-corrected chi connectivity index (χ2v) is 4.59. The van der Waals surface area contributed by atoms with Gasteiger partial charge in [-0.3, -0.25) is 4.79 Å². The number of anilines is 1. The van der Waals surface area contributed by atoms with Crippen molar-refractivity contribution in [3.05, 3.63) is 41.0 Å². The fourth-order valence-corrected chi connectivity index (χ4v) is 1.91. The molecule has 0 spiro atoms. The zero-order chi connectivity index (χ0) is 13.8. The predicted molar refractivity (Wildman–Crippen MR) is 75.6 cm³/mol. The molecule has 0 fully saturated rings. The number of nitrogens with zero attached hydrogens (tertiary/aromatic N) is 2. The number of amides is 1. The third-order valence-corrected chi connectivity index (χ3v) is 2.76. The lowest BCUT2D eigenvalue weighted by Gasteiger charge is -2.08.